The maximum atomic E-state index is 5.82. The molecule has 1 aromatic rings. The molecule has 0 radical (unpaired) electrons. The number of nitrogens with one attached hydrogen (secondary N) is 1. The number of aromatic nitrogens is 1. The Balaban J connectivity index is 1.60. The van der Waals surface area contributed by atoms with E-state index in [0.717, 1.165) is 24.2 Å². The second-order valence-corrected chi connectivity index (χ2v) is 7.26. The monoisotopic (exact) mass is 279 g/mol. The van der Waals surface area contributed by atoms with Crippen LogP contribution in [0.15, 0.2) is 11.6 Å². The summed E-state index contributed by atoms with van der Waals surface area (Å²) in [5, 5.41) is 3.27. The van der Waals surface area contributed by atoms with Crippen molar-refractivity contribution in [1.29, 1.82) is 0 Å². The number of hydrogen-bond donors (Lipinski definition) is 2. The lowest BCUT2D eigenvalue weighted by Gasteiger charge is -2.41. The minimum atomic E-state index is 0.411. The minimum absolute atomic E-state index is 0.411. The zero-order chi connectivity index (χ0) is 13.1. The van der Waals surface area contributed by atoms with E-state index in [1.54, 1.807) is 11.3 Å². The summed E-state index contributed by atoms with van der Waals surface area (Å²) >= 11 is 1.75. The van der Waals surface area contributed by atoms with Gasteiger partial charge in [-0.3, -0.25) is 11.3 Å². The fourth-order valence-corrected chi connectivity index (χ4v) is 4.86. The van der Waals surface area contributed by atoms with Gasteiger partial charge in [0.1, 0.15) is 0 Å². The van der Waals surface area contributed by atoms with Gasteiger partial charge in [-0.15, -0.1) is 11.3 Å². The van der Waals surface area contributed by atoms with Crippen LogP contribution in [0.25, 0.3) is 0 Å². The molecule has 3 N–H and O–H groups in total. The highest BCUT2D eigenvalue weighted by molar-refractivity contribution is 7.09. The number of hydrazine groups is 1. The molecule has 0 bridgehead atoms. The Morgan fingerprint density at radius 3 is 2.84 bits per heavy atom. The largest absolute Gasteiger partial charge is 0.271 e. The first-order valence-corrected chi connectivity index (χ1v) is 8.59. The fourth-order valence-electron chi connectivity index (χ4n) is 4.18. The second-order valence-electron chi connectivity index (χ2n) is 6.28. The highest BCUT2D eigenvalue weighted by atomic mass is 32.1. The van der Waals surface area contributed by atoms with Crippen molar-refractivity contribution in [3.8, 4) is 0 Å². The van der Waals surface area contributed by atoms with Gasteiger partial charge in [-0.2, -0.15) is 0 Å². The van der Waals surface area contributed by atoms with Gasteiger partial charge in [0.15, 0.2) is 0 Å². The highest BCUT2D eigenvalue weighted by Gasteiger charge is 2.35. The highest BCUT2D eigenvalue weighted by Crippen LogP contribution is 2.43. The summed E-state index contributed by atoms with van der Waals surface area (Å²) < 4.78 is 0. The van der Waals surface area contributed by atoms with Crippen molar-refractivity contribution in [2.75, 3.05) is 0 Å². The maximum absolute atomic E-state index is 5.82. The van der Waals surface area contributed by atoms with Crippen molar-refractivity contribution in [2.45, 2.75) is 57.4 Å². The number of nitrogens with zero attached hydrogens (tertiary/aromatic N) is 1. The molecular weight excluding hydrogens is 254 g/mol. The SMILES string of the molecule is NNC(Cc1nccs1)C1CCC2CCCCC2C1. The predicted molar refractivity (Wildman–Crippen MR) is 79.7 cm³/mol. The third kappa shape index (κ3) is 3.18. The average molecular weight is 279 g/mol. The Kier molecular flexibility index (Phi) is 4.51. The standard InChI is InChI=1S/C15H25N3S/c16-18-14(10-15-17-7-8-19-15)13-6-5-11-3-1-2-4-12(11)9-13/h7-8,11-14,18H,1-6,9-10,16H2. The molecule has 2 aliphatic carbocycles. The molecule has 2 saturated carbocycles. The maximum Gasteiger partial charge on any atom is 0.0940 e. The Labute approximate surface area is 120 Å². The molecule has 1 aromatic heterocycles. The Morgan fingerprint density at radius 1 is 1.26 bits per heavy atom. The molecule has 0 spiro atoms. The Morgan fingerprint density at radius 2 is 2.11 bits per heavy atom. The van der Waals surface area contributed by atoms with Gasteiger partial charge in [0.2, 0.25) is 0 Å². The summed E-state index contributed by atoms with van der Waals surface area (Å²) in [7, 11) is 0. The fraction of sp³-hybridized carbons (Fsp3) is 0.800. The first-order valence-electron chi connectivity index (χ1n) is 7.71. The van der Waals surface area contributed by atoms with Crippen LogP contribution in [0.3, 0.4) is 0 Å². The summed E-state index contributed by atoms with van der Waals surface area (Å²) in [6.07, 6.45) is 12.9. The zero-order valence-corrected chi connectivity index (χ0v) is 12.4. The summed E-state index contributed by atoms with van der Waals surface area (Å²) in [5.41, 5.74) is 3.07. The Bertz CT molecular complexity index is 379. The molecule has 0 aliphatic heterocycles. The van der Waals surface area contributed by atoms with Crippen molar-refractivity contribution < 1.29 is 0 Å². The van der Waals surface area contributed by atoms with Gasteiger partial charge in [-0.25, -0.2) is 4.98 Å². The lowest BCUT2D eigenvalue weighted by Crippen LogP contribution is -2.45. The van der Waals surface area contributed by atoms with E-state index in [1.807, 2.05) is 6.20 Å². The van der Waals surface area contributed by atoms with E-state index in [0.29, 0.717) is 6.04 Å². The summed E-state index contributed by atoms with van der Waals surface area (Å²) in [4.78, 5) is 4.40. The molecular formula is C15H25N3S. The zero-order valence-electron chi connectivity index (χ0n) is 11.6. The molecule has 1 heterocycles. The van der Waals surface area contributed by atoms with E-state index >= 15 is 0 Å². The first kappa shape index (κ1) is 13.5. The van der Waals surface area contributed by atoms with Crippen molar-refractivity contribution in [1.82, 2.24) is 10.4 Å². The molecule has 0 saturated heterocycles. The van der Waals surface area contributed by atoms with Crippen LogP contribution < -0.4 is 11.3 Å². The van der Waals surface area contributed by atoms with Gasteiger partial charge in [0.05, 0.1) is 5.01 Å². The normalized spacial score (nSPS) is 32.8. The van der Waals surface area contributed by atoms with Gasteiger partial charge >= 0.3 is 0 Å². The van der Waals surface area contributed by atoms with Crippen LogP contribution in [0.5, 0.6) is 0 Å². The molecule has 0 amide bonds. The molecule has 2 fully saturated rings. The van der Waals surface area contributed by atoms with Gasteiger partial charge in [-0.05, 0) is 37.0 Å². The number of hydrogen-bond acceptors (Lipinski definition) is 4. The lowest BCUT2D eigenvalue weighted by molar-refractivity contribution is 0.109. The number of thiazole rings is 1. The molecule has 19 heavy (non-hydrogen) atoms. The van der Waals surface area contributed by atoms with Crippen LogP contribution in [0.4, 0.5) is 0 Å². The average Bonchev–Trinajstić information content (AvgIpc) is 2.97. The van der Waals surface area contributed by atoms with Crippen LogP contribution in [-0.2, 0) is 6.42 Å². The number of fused-ring (bicyclic) bond motifs is 1. The third-order valence-corrected chi connectivity index (χ3v) is 6.04. The van der Waals surface area contributed by atoms with Crippen LogP contribution >= 0.6 is 11.3 Å². The van der Waals surface area contributed by atoms with Gasteiger partial charge in [0, 0.05) is 24.0 Å². The predicted octanol–water partition coefficient (Wildman–Crippen LogP) is 3.12. The quantitative estimate of drug-likeness (QED) is 0.657. The summed E-state index contributed by atoms with van der Waals surface area (Å²) in [6.45, 7) is 0. The molecule has 3 nitrogen and oxygen atoms in total. The van der Waals surface area contributed by atoms with Crippen LogP contribution in [0, 0.1) is 17.8 Å². The number of nitrogens with two attached hydrogens (primary N) is 1. The van der Waals surface area contributed by atoms with Crippen molar-refractivity contribution in [3.63, 3.8) is 0 Å². The van der Waals surface area contributed by atoms with Gasteiger partial charge in [-0.1, -0.05) is 25.7 Å². The Hall–Kier alpha value is -0.450. The lowest BCUT2D eigenvalue weighted by atomic mass is 9.66. The van der Waals surface area contributed by atoms with E-state index < -0.39 is 0 Å². The molecule has 0 aromatic carbocycles. The molecule has 4 atom stereocenters. The molecule has 3 rings (SSSR count). The van der Waals surface area contributed by atoms with Crippen molar-refractivity contribution in [3.05, 3.63) is 16.6 Å². The summed E-state index contributed by atoms with van der Waals surface area (Å²) in [5.74, 6) is 8.55. The topological polar surface area (TPSA) is 50.9 Å². The number of rotatable bonds is 4. The van der Waals surface area contributed by atoms with Crippen LogP contribution in [0.1, 0.15) is 50.0 Å². The van der Waals surface area contributed by atoms with E-state index in [4.69, 9.17) is 5.84 Å². The van der Waals surface area contributed by atoms with Crippen molar-refractivity contribution in [2.24, 2.45) is 23.6 Å². The van der Waals surface area contributed by atoms with E-state index in [-0.39, 0.29) is 0 Å². The van der Waals surface area contributed by atoms with E-state index in [2.05, 4.69) is 15.8 Å². The van der Waals surface area contributed by atoms with Gasteiger partial charge < -0.3 is 0 Å². The van der Waals surface area contributed by atoms with E-state index in [1.165, 1.54) is 50.0 Å². The molecule has 106 valence electrons. The molecule has 4 unspecified atom stereocenters. The van der Waals surface area contributed by atoms with Gasteiger partial charge in [0.25, 0.3) is 0 Å². The van der Waals surface area contributed by atoms with Crippen molar-refractivity contribution >= 4 is 11.3 Å². The van der Waals surface area contributed by atoms with Crippen LogP contribution in [-0.4, -0.2) is 11.0 Å². The first-order chi connectivity index (χ1) is 9.36. The summed E-state index contributed by atoms with van der Waals surface area (Å²) in [6, 6.07) is 0.411. The van der Waals surface area contributed by atoms with Crippen LogP contribution in [0.2, 0.25) is 0 Å². The van der Waals surface area contributed by atoms with E-state index in [9.17, 15) is 0 Å². The third-order valence-electron chi connectivity index (χ3n) is 5.24. The molecule has 4 heteroatoms. The minimum Gasteiger partial charge on any atom is -0.271 e. The molecule has 2 aliphatic rings. The smallest absolute Gasteiger partial charge is 0.0940 e. The second kappa shape index (κ2) is 6.33.